The Bertz CT molecular complexity index is 469. The van der Waals surface area contributed by atoms with Gasteiger partial charge in [0, 0.05) is 5.38 Å². The number of hydrogen-bond acceptors (Lipinski definition) is 6. The van der Waals surface area contributed by atoms with E-state index in [0.717, 1.165) is 0 Å². The van der Waals surface area contributed by atoms with Crippen molar-refractivity contribution in [3.63, 3.8) is 0 Å². The summed E-state index contributed by atoms with van der Waals surface area (Å²) >= 11 is 1.22. The van der Waals surface area contributed by atoms with Crippen LogP contribution in [0.4, 0.5) is 5.82 Å². The average molecular weight is 220 g/mol. The fourth-order valence-corrected chi connectivity index (χ4v) is 1.57. The minimum Gasteiger partial charge on any atom is -0.384 e. The van der Waals surface area contributed by atoms with E-state index in [2.05, 4.69) is 14.6 Å². The fourth-order valence-electron chi connectivity index (χ4n) is 1.12. The van der Waals surface area contributed by atoms with Gasteiger partial charge in [0.2, 0.25) is 0 Å². The Morgan fingerprint density at radius 3 is 3.00 bits per heavy atom. The molecule has 76 valence electrons. The van der Waals surface area contributed by atoms with E-state index in [1.165, 1.54) is 11.5 Å². The molecule has 2 aromatic heterocycles. The summed E-state index contributed by atoms with van der Waals surface area (Å²) in [6.07, 6.45) is 0.215. The van der Waals surface area contributed by atoms with Gasteiger partial charge in [-0.05, 0) is 23.7 Å². The van der Waals surface area contributed by atoms with Crippen LogP contribution in [0.1, 0.15) is 16.2 Å². The molecule has 0 fully saturated rings. The Labute approximate surface area is 90.1 Å². The lowest BCUT2D eigenvalue weighted by molar-refractivity contribution is 0.0987. The third-order valence-corrected chi connectivity index (χ3v) is 2.36. The molecule has 2 N–H and O–H groups in total. The molecule has 5 nitrogen and oxygen atoms in total. The smallest absolute Gasteiger partial charge is 0.187 e. The number of hydrogen-bond donors (Lipinski definition) is 1. The standard InChI is InChI=1S/C9H8N4OS/c10-9-3-1-2-7(11-9)8(14)4-6-5-15-13-12-6/h1-3,5H,4H2,(H2,10,11). The van der Waals surface area contributed by atoms with Crippen molar-refractivity contribution in [2.24, 2.45) is 0 Å². The molecule has 2 heterocycles. The van der Waals surface area contributed by atoms with E-state index in [1.807, 2.05) is 0 Å². The first-order chi connectivity index (χ1) is 7.25. The summed E-state index contributed by atoms with van der Waals surface area (Å²) in [6.45, 7) is 0. The predicted molar refractivity (Wildman–Crippen MR) is 56.6 cm³/mol. The van der Waals surface area contributed by atoms with E-state index in [1.54, 1.807) is 23.6 Å². The van der Waals surface area contributed by atoms with Crippen LogP contribution in [0.25, 0.3) is 0 Å². The summed E-state index contributed by atoms with van der Waals surface area (Å²) in [5, 5.41) is 5.53. The van der Waals surface area contributed by atoms with Crippen molar-refractivity contribution < 1.29 is 4.79 Å². The maximum Gasteiger partial charge on any atom is 0.187 e. The van der Waals surface area contributed by atoms with E-state index in [0.29, 0.717) is 17.2 Å². The molecule has 0 aliphatic carbocycles. The largest absolute Gasteiger partial charge is 0.384 e. The van der Waals surface area contributed by atoms with Crippen LogP contribution >= 0.6 is 11.5 Å². The highest BCUT2D eigenvalue weighted by atomic mass is 32.1. The number of aromatic nitrogens is 3. The Morgan fingerprint density at radius 2 is 2.33 bits per heavy atom. The number of pyridine rings is 1. The van der Waals surface area contributed by atoms with E-state index in [-0.39, 0.29) is 12.2 Å². The van der Waals surface area contributed by atoms with Crippen LogP contribution in [0.5, 0.6) is 0 Å². The Hall–Kier alpha value is -1.82. The first-order valence-corrected chi connectivity index (χ1v) is 5.11. The summed E-state index contributed by atoms with van der Waals surface area (Å²) in [4.78, 5) is 15.6. The zero-order valence-electron chi connectivity index (χ0n) is 7.75. The number of carbonyl (C=O) groups excluding carboxylic acids is 1. The SMILES string of the molecule is Nc1cccc(C(=O)Cc2csnn2)n1. The van der Waals surface area contributed by atoms with Crippen molar-refractivity contribution in [1.29, 1.82) is 0 Å². The molecule has 15 heavy (non-hydrogen) atoms. The van der Waals surface area contributed by atoms with Gasteiger partial charge < -0.3 is 5.73 Å². The summed E-state index contributed by atoms with van der Waals surface area (Å²) in [5.41, 5.74) is 6.51. The van der Waals surface area contributed by atoms with Crippen LogP contribution in [0.3, 0.4) is 0 Å². The number of nitrogens with zero attached hydrogens (tertiary/aromatic N) is 3. The van der Waals surface area contributed by atoms with Crippen LogP contribution in [-0.4, -0.2) is 20.4 Å². The number of ketones is 1. The fraction of sp³-hybridized carbons (Fsp3) is 0.111. The van der Waals surface area contributed by atoms with Crippen LogP contribution in [-0.2, 0) is 6.42 Å². The van der Waals surface area contributed by atoms with E-state index >= 15 is 0 Å². The van der Waals surface area contributed by atoms with Crippen molar-refractivity contribution in [2.45, 2.75) is 6.42 Å². The van der Waals surface area contributed by atoms with Gasteiger partial charge in [0.05, 0.1) is 12.1 Å². The van der Waals surface area contributed by atoms with Crippen LogP contribution in [0.2, 0.25) is 0 Å². The number of carbonyl (C=O) groups is 1. The van der Waals surface area contributed by atoms with Crippen molar-refractivity contribution in [3.8, 4) is 0 Å². The maximum absolute atomic E-state index is 11.7. The minimum absolute atomic E-state index is 0.102. The van der Waals surface area contributed by atoms with Gasteiger partial charge in [-0.3, -0.25) is 4.79 Å². The molecule has 0 radical (unpaired) electrons. The number of nitrogen functional groups attached to an aromatic ring is 1. The lowest BCUT2D eigenvalue weighted by atomic mass is 10.1. The molecular weight excluding hydrogens is 212 g/mol. The number of nitrogens with two attached hydrogens (primary N) is 1. The molecule has 0 amide bonds. The monoisotopic (exact) mass is 220 g/mol. The zero-order valence-corrected chi connectivity index (χ0v) is 8.57. The van der Waals surface area contributed by atoms with Gasteiger partial charge in [-0.1, -0.05) is 10.6 Å². The highest BCUT2D eigenvalue weighted by molar-refractivity contribution is 7.03. The second-order valence-corrected chi connectivity index (χ2v) is 3.55. The molecule has 2 rings (SSSR count). The van der Waals surface area contributed by atoms with Gasteiger partial charge in [-0.15, -0.1) is 5.10 Å². The summed E-state index contributed by atoms with van der Waals surface area (Å²) in [7, 11) is 0. The minimum atomic E-state index is -0.102. The summed E-state index contributed by atoms with van der Waals surface area (Å²) in [6, 6.07) is 4.98. The van der Waals surface area contributed by atoms with Crippen molar-refractivity contribution in [2.75, 3.05) is 5.73 Å². The molecule has 0 aliphatic heterocycles. The lowest BCUT2D eigenvalue weighted by Gasteiger charge is -1.98. The molecule has 0 unspecified atom stereocenters. The highest BCUT2D eigenvalue weighted by Crippen LogP contribution is 2.06. The summed E-state index contributed by atoms with van der Waals surface area (Å²) < 4.78 is 3.68. The second kappa shape index (κ2) is 4.14. The normalized spacial score (nSPS) is 10.1. The molecule has 0 aromatic carbocycles. The molecule has 6 heteroatoms. The van der Waals surface area contributed by atoms with Crippen molar-refractivity contribution in [1.82, 2.24) is 14.6 Å². The van der Waals surface area contributed by atoms with E-state index in [4.69, 9.17) is 5.73 Å². The third-order valence-electron chi connectivity index (χ3n) is 1.80. The average Bonchev–Trinajstić information content (AvgIpc) is 2.70. The maximum atomic E-state index is 11.7. The van der Waals surface area contributed by atoms with Gasteiger partial charge in [-0.25, -0.2) is 4.98 Å². The van der Waals surface area contributed by atoms with Gasteiger partial charge >= 0.3 is 0 Å². The first kappa shape index (κ1) is 9.72. The number of Topliss-reactive ketones (excluding diaryl/α,β-unsaturated/α-hetero) is 1. The van der Waals surface area contributed by atoms with Crippen molar-refractivity contribution >= 4 is 23.1 Å². The predicted octanol–water partition coefficient (Wildman–Crippen LogP) is 0.941. The molecule has 2 aromatic rings. The van der Waals surface area contributed by atoms with Crippen LogP contribution < -0.4 is 5.73 Å². The zero-order chi connectivity index (χ0) is 10.7. The molecule has 0 aliphatic rings. The second-order valence-electron chi connectivity index (χ2n) is 2.94. The number of anilines is 1. The molecule has 0 atom stereocenters. The van der Waals surface area contributed by atoms with E-state index < -0.39 is 0 Å². The molecule has 0 bridgehead atoms. The van der Waals surface area contributed by atoms with Gasteiger partial charge in [0.25, 0.3) is 0 Å². The van der Waals surface area contributed by atoms with E-state index in [9.17, 15) is 4.79 Å². The third kappa shape index (κ3) is 2.35. The van der Waals surface area contributed by atoms with Crippen LogP contribution in [0, 0.1) is 0 Å². The Morgan fingerprint density at radius 1 is 1.47 bits per heavy atom. The van der Waals surface area contributed by atoms with Gasteiger partial charge in [0.15, 0.2) is 5.78 Å². The highest BCUT2D eigenvalue weighted by Gasteiger charge is 2.10. The summed E-state index contributed by atoms with van der Waals surface area (Å²) in [5.74, 6) is 0.243. The quantitative estimate of drug-likeness (QED) is 0.778. The molecule has 0 spiro atoms. The molecule has 0 saturated carbocycles. The first-order valence-electron chi connectivity index (χ1n) is 4.27. The molecule has 0 saturated heterocycles. The van der Waals surface area contributed by atoms with Crippen LogP contribution in [0.15, 0.2) is 23.6 Å². The van der Waals surface area contributed by atoms with Gasteiger partial charge in [-0.2, -0.15) is 0 Å². The Kier molecular flexibility index (Phi) is 2.68. The van der Waals surface area contributed by atoms with Gasteiger partial charge in [0.1, 0.15) is 11.5 Å². The lowest BCUT2D eigenvalue weighted by Crippen LogP contribution is -2.07. The molecular formula is C9H8N4OS. The number of rotatable bonds is 3. The topological polar surface area (TPSA) is 81.8 Å². The van der Waals surface area contributed by atoms with Crippen molar-refractivity contribution in [3.05, 3.63) is 35.0 Å². The Balaban J connectivity index is 2.15.